The van der Waals surface area contributed by atoms with E-state index < -0.39 is 11.7 Å². The average Bonchev–Trinajstić information content (AvgIpc) is 2.08. The number of hydrogen-bond donors (Lipinski definition) is 2. The summed E-state index contributed by atoms with van der Waals surface area (Å²) in [5, 5.41) is 0. The van der Waals surface area contributed by atoms with Crippen LogP contribution >= 0.6 is 0 Å². The van der Waals surface area contributed by atoms with Crippen molar-refractivity contribution in [2.24, 2.45) is 5.84 Å². The van der Waals surface area contributed by atoms with E-state index in [2.05, 4.69) is 0 Å². The maximum absolute atomic E-state index is 13.1. The predicted molar refractivity (Wildman–Crippen MR) is 42.8 cm³/mol. The number of nitrogens with two attached hydrogens (primary N) is 1. The molecule has 64 valence electrons. The molecule has 0 aliphatic carbocycles. The number of carbonyl (C=O) groups excluding carboxylic acids is 1. The van der Waals surface area contributed by atoms with Gasteiger partial charge in [0.05, 0.1) is 5.56 Å². The number of nitrogen functional groups attached to an aromatic ring is 1. The highest BCUT2D eigenvalue weighted by Crippen LogP contribution is 2.10. The lowest BCUT2D eigenvalue weighted by Crippen LogP contribution is -2.30. The van der Waals surface area contributed by atoms with E-state index in [1.54, 1.807) is 19.1 Å². The largest absolute Gasteiger partial charge is 0.290 e. The zero-order chi connectivity index (χ0) is 9.14. The van der Waals surface area contributed by atoms with Gasteiger partial charge in [0.1, 0.15) is 5.82 Å². The quantitative estimate of drug-likeness (QED) is 0.369. The first kappa shape index (κ1) is 8.67. The minimum absolute atomic E-state index is 0.0301. The van der Waals surface area contributed by atoms with E-state index in [-0.39, 0.29) is 5.56 Å². The van der Waals surface area contributed by atoms with Gasteiger partial charge in [-0.1, -0.05) is 12.1 Å². The molecule has 3 N–H and O–H groups in total. The molecule has 1 aromatic rings. The number of carbonyl (C=O) groups is 1. The van der Waals surface area contributed by atoms with Crippen LogP contribution in [-0.2, 0) is 0 Å². The third-order valence-electron chi connectivity index (χ3n) is 1.57. The SMILES string of the molecule is Cc1cccc(C(=O)NN)c1F. The van der Waals surface area contributed by atoms with Crippen molar-refractivity contribution in [1.29, 1.82) is 0 Å². The monoisotopic (exact) mass is 168 g/mol. The fourth-order valence-electron chi connectivity index (χ4n) is 0.901. The molecule has 0 aromatic heterocycles. The molecule has 0 atom stereocenters. The molecule has 3 nitrogen and oxygen atoms in total. The lowest BCUT2D eigenvalue weighted by atomic mass is 10.1. The second kappa shape index (κ2) is 3.32. The number of nitrogens with one attached hydrogen (secondary N) is 1. The Morgan fingerprint density at radius 3 is 2.83 bits per heavy atom. The minimum atomic E-state index is -0.615. The molecule has 0 bridgehead atoms. The molecule has 0 fully saturated rings. The minimum Gasteiger partial charge on any atom is -0.290 e. The van der Waals surface area contributed by atoms with Crippen molar-refractivity contribution in [3.63, 3.8) is 0 Å². The van der Waals surface area contributed by atoms with Crippen molar-refractivity contribution in [2.45, 2.75) is 6.92 Å². The summed E-state index contributed by atoms with van der Waals surface area (Å²) in [5.41, 5.74) is 2.27. The Hall–Kier alpha value is -1.42. The van der Waals surface area contributed by atoms with Gasteiger partial charge in [-0.15, -0.1) is 0 Å². The number of benzene rings is 1. The summed E-state index contributed by atoms with van der Waals surface area (Å²) >= 11 is 0. The second-order valence-corrected chi connectivity index (χ2v) is 2.41. The number of rotatable bonds is 1. The standard InChI is InChI=1S/C8H9FN2O/c1-5-3-2-4-6(7(5)9)8(12)11-10/h2-4H,10H2,1H3,(H,11,12). The van der Waals surface area contributed by atoms with Crippen LogP contribution in [0.3, 0.4) is 0 Å². The summed E-state index contributed by atoms with van der Waals surface area (Å²) < 4.78 is 13.1. The van der Waals surface area contributed by atoms with E-state index in [9.17, 15) is 9.18 Å². The molecule has 4 heteroatoms. The highest BCUT2D eigenvalue weighted by Gasteiger charge is 2.10. The van der Waals surface area contributed by atoms with Crippen LogP contribution in [-0.4, -0.2) is 5.91 Å². The summed E-state index contributed by atoms with van der Waals surface area (Å²) in [6.45, 7) is 1.59. The highest BCUT2D eigenvalue weighted by molar-refractivity contribution is 5.94. The zero-order valence-electron chi connectivity index (χ0n) is 6.60. The van der Waals surface area contributed by atoms with Crippen LogP contribution in [0.4, 0.5) is 4.39 Å². The van der Waals surface area contributed by atoms with Crippen LogP contribution < -0.4 is 11.3 Å². The molecule has 0 aliphatic heterocycles. The average molecular weight is 168 g/mol. The molecule has 0 saturated heterocycles. The normalized spacial score (nSPS) is 9.58. The van der Waals surface area contributed by atoms with Gasteiger partial charge in [0.15, 0.2) is 0 Å². The molecule has 0 radical (unpaired) electrons. The third kappa shape index (κ3) is 1.43. The molecule has 0 aliphatic rings. The Morgan fingerprint density at radius 1 is 1.58 bits per heavy atom. The summed E-state index contributed by atoms with van der Waals surface area (Å²) in [4.78, 5) is 10.9. The molecule has 1 amide bonds. The number of amides is 1. The van der Waals surface area contributed by atoms with Crippen molar-refractivity contribution < 1.29 is 9.18 Å². The van der Waals surface area contributed by atoms with Crippen LogP contribution in [0.5, 0.6) is 0 Å². The van der Waals surface area contributed by atoms with Gasteiger partial charge in [-0.25, -0.2) is 10.2 Å². The van der Waals surface area contributed by atoms with E-state index in [1.807, 2.05) is 5.43 Å². The number of hydrazine groups is 1. The van der Waals surface area contributed by atoms with Gasteiger partial charge in [0.2, 0.25) is 0 Å². The topological polar surface area (TPSA) is 55.1 Å². The van der Waals surface area contributed by atoms with Crippen molar-refractivity contribution in [1.82, 2.24) is 5.43 Å². The summed E-state index contributed by atoms with van der Waals surface area (Å²) in [6.07, 6.45) is 0. The molecular weight excluding hydrogens is 159 g/mol. The van der Waals surface area contributed by atoms with Gasteiger partial charge in [-0.2, -0.15) is 0 Å². The first-order chi connectivity index (χ1) is 5.66. The van der Waals surface area contributed by atoms with Crippen LogP contribution in [0.25, 0.3) is 0 Å². The molecule has 0 saturated carbocycles. The molecule has 0 unspecified atom stereocenters. The fourth-order valence-corrected chi connectivity index (χ4v) is 0.901. The summed E-state index contributed by atoms with van der Waals surface area (Å²) in [7, 11) is 0. The van der Waals surface area contributed by atoms with Gasteiger partial charge >= 0.3 is 0 Å². The molecule has 1 rings (SSSR count). The van der Waals surface area contributed by atoms with E-state index in [0.717, 1.165) is 0 Å². The fraction of sp³-hybridized carbons (Fsp3) is 0.125. The van der Waals surface area contributed by atoms with Crippen LogP contribution in [0.1, 0.15) is 15.9 Å². The maximum atomic E-state index is 13.1. The van der Waals surface area contributed by atoms with Gasteiger partial charge in [-0.05, 0) is 18.6 Å². The predicted octanol–water partition coefficient (Wildman–Crippen LogP) is 0.738. The Bertz CT molecular complexity index is 312. The lowest BCUT2D eigenvalue weighted by molar-refractivity contribution is 0.0949. The Balaban J connectivity index is 3.16. The number of aryl methyl sites for hydroxylation is 1. The molecule has 0 heterocycles. The summed E-state index contributed by atoms with van der Waals surface area (Å²) in [5.74, 6) is 3.71. The Labute approximate surface area is 69.3 Å². The molecular formula is C8H9FN2O. The Morgan fingerprint density at radius 2 is 2.25 bits per heavy atom. The highest BCUT2D eigenvalue weighted by atomic mass is 19.1. The Kier molecular flexibility index (Phi) is 2.40. The van der Waals surface area contributed by atoms with Crippen molar-refractivity contribution in [3.8, 4) is 0 Å². The van der Waals surface area contributed by atoms with Gasteiger partial charge < -0.3 is 0 Å². The first-order valence-electron chi connectivity index (χ1n) is 3.43. The third-order valence-corrected chi connectivity index (χ3v) is 1.57. The van der Waals surface area contributed by atoms with Crippen LogP contribution in [0.15, 0.2) is 18.2 Å². The first-order valence-corrected chi connectivity index (χ1v) is 3.43. The van der Waals surface area contributed by atoms with E-state index >= 15 is 0 Å². The van der Waals surface area contributed by atoms with Gasteiger partial charge in [0.25, 0.3) is 5.91 Å². The van der Waals surface area contributed by atoms with Crippen LogP contribution in [0, 0.1) is 12.7 Å². The van der Waals surface area contributed by atoms with E-state index in [4.69, 9.17) is 5.84 Å². The van der Waals surface area contributed by atoms with Crippen molar-refractivity contribution >= 4 is 5.91 Å². The number of halogens is 1. The van der Waals surface area contributed by atoms with Gasteiger partial charge in [-0.3, -0.25) is 10.2 Å². The number of hydrogen-bond acceptors (Lipinski definition) is 2. The second-order valence-electron chi connectivity index (χ2n) is 2.41. The molecule has 1 aromatic carbocycles. The molecule has 12 heavy (non-hydrogen) atoms. The van der Waals surface area contributed by atoms with E-state index in [0.29, 0.717) is 5.56 Å². The van der Waals surface area contributed by atoms with Gasteiger partial charge in [0, 0.05) is 0 Å². The summed E-state index contributed by atoms with van der Waals surface area (Å²) in [6, 6.07) is 4.57. The van der Waals surface area contributed by atoms with E-state index in [1.165, 1.54) is 6.07 Å². The molecule has 0 spiro atoms. The zero-order valence-corrected chi connectivity index (χ0v) is 6.60. The lowest BCUT2D eigenvalue weighted by Gasteiger charge is -2.02. The van der Waals surface area contributed by atoms with Crippen LogP contribution in [0.2, 0.25) is 0 Å². The smallest absolute Gasteiger partial charge is 0.268 e. The van der Waals surface area contributed by atoms with Crippen molar-refractivity contribution in [3.05, 3.63) is 35.1 Å². The maximum Gasteiger partial charge on any atom is 0.268 e. The van der Waals surface area contributed by atoms with Crippen molar-refractivity contribution in [2.75, 3.05) is 0 Å².